The molecule has 9 heteroatoms. The van der Waals surface area contributed by atoms with Crippen LogP contribution in [-0.4, -0.2) is 16.0 Å². The van der Waals surface area contributed by atoms with Gasteiger partial charge >= 0.3 is 12.2 Å². The second-order valence-electron chi connectivity index (χ2n) is 5.21. The van der Waals surface area contributed by atoms with Gasteiger partial charge in [0.2, 0.25) is 0 Å². The van der Waals surface area contributed by atoms with Gasteiger partial charge in [-0.1, -0.05) is 12.1 Å². The van der Waals surface area contributed by atoms with Crippen molar-refractivity contribution >= 4 is 23.1 Å². The van der Waals surface area contributed by atoms with Crippen molar-refractivity contribution in [1.29, 1.82) is 0 Å². The van der Waals surface area contributed by atoms with Crippen LogP contribution in [0.2, 0.25) is 0 Å². The second-order valence-corrected chi connectivity index (χ2v) is 5.99. The van der Waals surface area contributed by atoms with Gasteiger partial charge in [0.05, 0.1) is 29.2 Å². The number of carbonyl (C=O) groups excluding carboxylic acids is 1. The zero-order valence-electron chi connectivity index (χ0n) is 13.2. The maximum Gasteiger partial charge on any atom is 0.418 e. The lowest BCUT2D eigenvalue weighted by Gasteiger charge is -2.14. The number of amides is 2. The van der Waals surface area contributed by atoms with Gasteiger partial charge < -0.3 is 10.6 Å². The van der Waals surface area contributed by atoms with Crippen molar-refractivity contribution in [3.63, 3.8) is 0 Å². The van der Waals surface area contributed by atoms with Crippen LogP contribution in [0.3, 0.4) is 0 Å². The fourth-order valence-electron chi connectivity index (χ4n) is 2.31. The highest BCUT2D eigenvalue weighted by Crippen LogP contribution is 2.34. The van der Waals surface area contributed by atoms with E-state index in [4.69, 9.17) is 0 Å². The molecule has 0 atom stereocenters. The van der Waals surface area contributed by atoms with Gasteiger partial charge in [0, 0.05) is 23.3 Å². The van der Waals surface area contributed by atoms with E-state index >= 15 is 0 Å². The molecule has 0 unspecified atom stereocenters. The zero-order chi connectivity index (χ0) is 18.6. The standard InChI is InChI=1S/C17H13F3N4OS/c18-17(19,20)12-3-1-2-4-13(12)24-16(25)23-9-14-15(22-7-6-21-14)11-5-8-26-10-11/h1-8,10H,9H2,(H2,23,24,25). The Labute approximate surface area is 150 Å². The van der Waals surface area contributed by atoms with Crippen LogP contribution in [0.15, 0.2) is 53.5 Å². The third-order valence-corrected chi connectivity index (χ3v) is 4.15. The van der Waals surface area contributed by atoms with Crippen LogP contribution < -0.4 is 10.6 Å². The van der Waals surface area contributed by atoms with Crippen molar-refractivity contribution in [2.75, 3.05) is 5.32 Å². The molecule has 2 amide bonds. The molecule has 0 spiro atoms. The van der Waals surface area contributed by atoms with Gasteiger partial charge in [0.25, 0.3) is 0 Å². The minimum Gasteiger partial charge on any atom is -0.332 e. The number of alkyl halides is 3. The van der Waals surface area contributed by atoms with E-state index in [1.54, 1.807) is 0 Å². The number of rotatable bonds is 4. The third-order valence-electron chi connectivity index (χ3n) is 3.47. The summed E-state index contributed by atoms with van der Waals surface area (Å²) in [7, 11) is 0. The van der Waals surface area contributed by atoms with Crippen LogP contribution in [0.25, 0.3) is 11.3 Å². The smallest absolute Gasteiger partial charge is 0.332 e. The molecule has 2 heterocycles. The summed E-state index contributed by atoms with van der Waals surface area (Å²) in [5.41, 5.74) is 0.779. The number of nitrogens with zero attached hydrogens (tertiary/aromatic N) is 2. The summed E-state index contributed by atoms with van der Waals surface area (Å²) in [5.74, 6) is 0. The fraction of sp³-hybridized carbons (Fsp3) is 0.118. The predicted molar refractivity (Wildman–Crippen MR) is 92.6 cm³/mol. The normalized spacial score (nSPS) is 11.2. The van der Waals surface area contributed by atoms with E-state index in [-0.39, 0.29) is 12.2 Å². The number of halogens is 3. The molecule has 26 heavy (non-hydrogen) atoms. The monoisotopic (exact) mass is 378 g/mol. The summed E-state index contributed by atoms with van der Waals surface area (Å²) in [6, 6.07) is 5.90. The molecule has 3 aromatic rings. The van der Waals surface area contributed by atoms with Crippen LogP contribution in [0.5, 0.6) is 0 Å². The Morgan fingerprint density at radius 3 is 2.62 bits per heavy atom. The summed E-state index contributed by atoms with van der Waals surface area (Å²) in [6.07, 6.45) is -1.53. The Hall–Kier alpha value is -2.94. The fourth-order valence-corrected chi connectivity index (χ4v) is 2.95. The largest absolute Gasteiger partial charge is 0.418 e. The first kappa shape index (κ1) is 17.9. The zero-order valence-corrected chi connectivity index (χ0v) is 14.1. The average molecular weight is 378 g/mol. The number of carbonyl (C=O) groups is 1. The van der Waals surface area contributed by atoms with Gasteiger partial charge in [0.15, 0.2) is 0 Å². The number of hydrogen-bond donors (Lipinski definition) is 2. The van der Waals surface area contributed by atoms with E-state index in [1.807, 2.05) is 16.8 Å². The van der Waals surface area contributed by atoms with Gasteiger partial charge in [0.1, 0.15) is 0 Å². The quantitative estimate of drug-likeness (QED) is 0.700. The lowest BCUT2D eigenvalue weighted by Crippen LogP contribution is -2.29. The summed E-state index contributed by atoms with van der Waals surface area (Å²) in [5, 5.41) is 8.52. The summed E-state index contributed by atoms with van der Waals surface area (Å²) >= 11 is 1.50. The predicted octanol–water partition coefficient (Wildman–Crippen LogP) is 4.55. The van der Waals surface area contributed by atoms with E-state index in [0.717, 1.165) is 11.6 Å². The number of aromatic nitrogens is 2. The number of urea groups is 1. The van der Waals surface area contributed by atoms with Crippen molar-refractivity contribution in [2.24, 2.45) is 0 Å². The lowest BCUT2D eigenvalue weighted by molar-refractivity contribution is -0.136. The minimum atomic E-state index is -4.55. The number of para-hydroxylation sites is 1. The van der Waals surface area contributed by atoms with Crippen LogP contribution >= 0.6 is 11.3 Å². The highest BCUT2D eigenvalue weighted by atomic mass is 32.1. The van der Waals surface area contributed by atoms with E-state index < -0.39 is 17.8 Å². The summed E-state index contributed by atoms with van der Waals surface area (Å²) in [4.78, 5) is 20.5. The van der Waals surface area contributed by atoms with Crippen LogP contribution in [-0.2, 0) is 12.7 Å². The van der Waals surface area contributed by atoms with Gasteiger partial charge in [-0.05, 0) is 23.6 Å². The third kappa shape index (κ3) is 4.17. The molecular formula is C17H13F3N4OS. The van der Waals surface area contributed by atoms with Gasteiger partial charge in [-0.25, -0.2) is 4.79 Å². The second kappa shape index (κ2) is 7.52. The molecule has 0 saturated carbocycles. The van der Waals surface area contributed by atoms with Crippen molar-refractivity contribution < 1.29 is 18.0 Å². The van der Waals surface area contributed by atoms with Gasteiger partial charge in [-0.15, -0.1) is 0 Å². The number of thiophene rings is 1. The average Bonchev–Trinajstić information content (AvgIpc) is 3.14. The van der Waals surface area contributed by atoms with Crippen molar-refractivity contribution in [1.82, 2.24) is 15.3 Å². The number of anilines is 1. The Morgan fingerprint density at radius 2 is 1.88 bits per heavy atom. The van der Waals surface area contributed by atoms with E-state index in [9.17, 15) is 18.0 Å². The first-order chi connectivity index (χ1) is 12.4. The molecule has 0 radical (unpaired) electrons. The molecule has 3 rings (SSSR count). The molecule has 0 saturated heterocycles. The molecule has 2 aromatic heterocycles. The molecule has 0 aliphatic carbocycles. The molecule has 0 fully saturated rings. The first-order valence-corrected chi connectivity index (χ1v) is 8.43. The van der Waals surface area contributed by atoms with Crippen LogP contribution in [0.4, 0.5) is 23.7 Å². The number of nitrogens with one attached hydrogen (secondary N) is 2. The SMILES string of the molecule is O=C(NCc1nccnc1-c1ccsc1)Nc1ccccc1C(F)(F)F. The Balaban J connectivity index is 1.70. The molecular weight excluding hydrogens is 365 g/mol. The van der Waals surface area contributed by atoms with Crippen LogP contribution in [0.1, 0.15) is 11.3 Å². The van der Waals surface area contributed by atoms with Gasteiger partial charge in [-0.3, -0.25) is 9.97 Å². The Bertz CT molecular complexity index is 897. The Morgan fingerprint density at radius 1 is 1.12 bits per heavy atom. The lowest BCUT2D eigenvalue weighted by atomic mass is 10.1. The summed E-state index contributed by atoms with van der Waals surface area (Å²) < 4.78 is 38.9. The molecule has 0 bridgehead atoms. The van der Waals surface area contributed by atoms with E-state index in [2.05, 4.69) is 20.6 Å². The maximum atomic E-state index is 13.0. The molecule has 0 aliphatic heterocycles. The number of benzene rings is 1. The minimum absolute atomic E-state index is 0.0268. The molecule has 5 nitrogen and oxygen atoms in total. The number of hydrogen-bond acceptors (Lipinski definition) is 4. The van der Waals surface area contributed by atoms with Crippen LogP contribution in [0, 0.1) is 0 Å². The highest BCUT2D eigenvalue weighted by Gasteiger charge is 2.33. The molecule has 2 N–H and O–H groups in total. The first-order valence-electron chi connectivity index (χ1n) is 7.48. The Kier molecular flexibility index (Phi) is 5.17. The van der Waals surface area contributed by atoms with Gasteiger partial charge in [-0.2, -0.15) is 24.5 Å². The van der Waals surface area contributed by atoms with E-state index in [0.29, 0.717) is 11.4 Å². The topological polar surface area (TPSA) is 66.9 Å². The summed E-state index contributed by atoms with van der Waals surface area (Å²) in [6.45, 7) is 0.0268. The molecule has 1 aromatic carbocycles. The van der Waals surface area contributed by atoms with Crippen molar-refractivity contribution in [2.45, 2.75) is 12.7 Å². The molecule has 0 aliphatic rings. The van der Waals surface area contributed by atoms with Crippen molar-refractivity contribution in [3.05, 3.63) is 64.7 Å². The van der Waals surface area contributed by atoms with Crippen molar-refractivity contribution in [3.8, 4) is 11.3 Å². The highest BCUT2D eigenvalue weighted by molar-refractivity contribution is 7.08. The molecule has 134 valence electrons. The van der Waals surface area contributed by atoms with E-state index in [1.165, 1.54) is 41.9 Å². The maximum absolute atomic E-state index is 13.0.